The lowest BCUT2D eigenvalue weighted by Gasteiger charge is -2.34. The third-order valence-electron chi connectivity index (χ3n) is 5.61. The standard InChI is InChI=1S/C24H18F3N3O3S/c25-24(26,27)16-5-3-4-15(14-16)22(31)29-10-12-30(13-11-29)23(32)19-9-8-18(33-19)21-28-17-6-1-2-7-20(17)34-21/h1-9,14H,10-13H2. The average Bonchev–Trinajstić information content (AvgIpc) is 3.50. The Morgan fingerprint density at radius 1 is 0.882 bits per heavy atom. The summed E-state index contributed by atoms with van der Waals surface area (Å²) in [7, 11) is 0. The van der Waals surface area contributed by atoms with Gasteiger partial charge >= 0.3 is 6.18 Å². The van der Waals surface area contributed by atoms with Crippen LogP contribution < -0.4 is 0 Å². The maximum atomic E-state index is 13.0. The van der Waals surface area contributed by atoms with E-state index >= 15 is 0 Å². The van der Waals surface area contributed by atoms with Crippen molar-refractivity contribution in [1.82, 2.24) is 14.8 Å². The monoisotopic (exact) mass is 485 g/mol. The number of hydrogen-bond donors (Lipinski definition) is 0. The first kappa shape index (κ1) is 22.1. The van der Waals surface area contributed by atoms with E-state index in [-0.39, 0.29) is 43.4 Å². The highest BCUT2D eigenvalue weighted by Gasteiger charge is 2.32. The Labute approximate surface area is 196 Å². The van der Waals surface area contributed by atoms with Crippen LogP contribution in [-0.2, 0) is 6.18 Å². The van der Waals surface area contributed by atoms with E-state index in [1.165, 1.54) is 28.4 Å². The number of piperazine rings is 1. The molecule has 5 rings (SSSR count). The van der Waals surface area contributed by atoms with Crippen molar-refractivity contribution in [1.29, 1.82) is 0 Å². The van der Waals surface area contributed by atoms with E-state index in [0.29, 0.717) is 10.8 Å². The summed E-state index contributed by atoms with van der Waals surface area (Å²) in [6.07, 6.45) is -4.52. The number of benzene rings is 2. The van der Waals surface area contributed by atoms with Gasteiger partial charge in [-0.3, -0.25) is 9.59 Å². The molecule has 34 heavy (non-hydrogen) atoms. The van der Waals surface area contributed by atoms with Crippen LogP contribution in [-0.4, -0.2) is 52.8 Å². The molecule has 10 heteroatoms. The van der Waals surface area contributed by atoms with Gasteiger partial charge in [0.1, 0.15) is 0 Å². The van der Waals surface area contributed by atoms with Crippen molar-refractivity contribution in [2.45, 2.75) is 6.18 Å². The van der Waals surface area contributed by atoms with Crippen molar-refractivity contribution in [3.05, 3.63) is 77.6 Å². The van der Waals surface area contributed by atoms with Crippen LogP contribution in [0, 0.1) is 0 Å². The van der Waals surface area contributed by atoms with Gasteiger partial charge < -0.3 is 14.2 Å². The van der Waals surface area contributed by atoms with Crippen molar-refractivity contribution in [3.63, 3.8) is 0 Å². The highest BCUT2D eigenvalue weighted by molar-refractivity contribution is 7.21. The zero-order valence-corrected chi connectivity index (χ0v) is 18.5. The molecular weight excluding hydrogens is 467 g/mol. The number of fused-ring (bicyclic) bond motifs is 1. The Morgan fingerprint density at radius 2 is 1.59 bits per heavy atom. The molecule has 1 saturated heterocycles. The first-order valence-corrected chi connectivity index (χ1v) is 11.3. The minimum atomic E-state index is -4.52. The van der Waals surface area contributed by atoms with Crippen LogP contribution in [0.5, 0.6) is 0 Å². The van der Waals surface area contributed by atoms with Crippen molar-refractivity contribution in [3.8, 4) is 10.8 Å². The van der Waals surface area contributed by atoms with Gasteiger partial charge in [-0.15, -0.1) is 11.3 Å². The number of furan rings is 1. The average molecular weight is 485 g/mol. The molecule has 0 atom stereocenters. The highest BCUT2D eigenvalue weighted by atomic mass is 32.1. The second-order valence-corrected chi connectivity index (χ2v) is 8.84. The summed E-state index contributed by atoms with van der Waals surface area (Å²) < 4.78 is 45.7. The van der Waals surface area contributed by atoms with Crippen LogP contribution in [0.25, 0.3) is 21.0 Å². The number of halogens is 3. The second kappa shape index (κ2) is 8.60. The summed E-state index contributed by atoms with van der Waals surface area (Å²) >= 11 is 1.47. The maximum Gasteiger partial charge on any atom is 0.416 e. The minimum absolute atomic E-state index is 0.0267. The van der Waals surface area contributed by atoms with E-state index in [1.54, 1.807) is 17.0 Å². The number of carbonyl (C=O) groups excluding carboxylic acids is 2. The van der Waals surface area contributed by atoms with Gasteiger partial charge in [0.05, 0.1) is 15.8 Å². The molecular formula is C24H18F3N3O3S. The van der Waals surface area contributed by atoms with E-state index in [2.05, 4.69) is 4.98 Å². The number of amides is 2. The predicted octanol–water partition coefficient (Wildman–Crippen LogP) is 5.17. The summed E-state index contributed by atoms with van der Waals surface area (Å²) in [5.74, 6) is -0.123. The van der Waals surface area contributed by atoms with Crippen molar-refractivity contribution in [2.24, 2.45) is 0 Å². The SMILES string of the molecule is O=C(c1cccc(C(F)(F)F)c1)N1CCN(C(=O)c2ccc(-c3nc4ccccc4s3)o2)CC1. The zero-order chi connectivity index (χ0) is 23.9. The van der Waals surface area contributed by atoms with Crippen LogP contribution >= 0.6 is 11.3 Å². The van der Waals surface area contributed by atoms with E-state index < -0.39 is 17.6 Å². The molecule has 1 aliphatic heterocycles. The van der Waals surface area contributed by atoms with Crippen molar-refractivity contribution >= 4 is 33.4 Å². The lowest BCUT2D eigenvalue weighted by atomic mass is 10.1. The highest BCUT2D eigenvalue weighted by Crippen LogP contribution is 2.32. The molecule has 174 valence electrons. The molecule has 2 amide bonds. The number of aromatic nitrogens is 1. The van der Waals surface area contributed by atoms with Crippen LogP contribution in [0.1, 0.15) is 26.5 Å². The third kappa shape index (κ3) is 4.28. The fourth-order valence-corrected chi connectivity index (χ4v) is 4.75. The fraction of sp³-hybridized carbons (Fsp3) is 0.208. The van der Waals surface area contributed by atoms with Crippen LogP contribution in [0.4, 0.5) is 13.2 Å². The Bertz CT molecular complexity index is 1340. The fourth-order valence-electron chi connectivity index (χ4n) is 3.82. The first-order valence-electron chi connectivity index (χ1n) is 10.5. The predicted molar refractivity (Wildman–Crippen MR) is 121 cm³/mol. The lowest BCUT2D eigenvalue weighted by molar-refractivity contribution is -0.137. The number of thiazole rings is 1. The first-order chi connectivity index (χ1) is 16.3. The molecule has 2 aromatic carbocycles. The maximum absolute atomic E-state index is 13.0. The summed E-state index contributed by atoms with van der Waals surface area (Å²) in [6.45, 7) is 0.930. The summed E-state index contributed by atoms with van der Waals surface area (Å²) in [5, 5.41) is 0.678. The molecule has 0 N–H and O–H groups in total. The molecule has 3 heterocycles. The molecule has 1 fully saturated rings. The van der Waals surface area contributed by atoms with Gasteiger partial charge in [-0.2, -0.15) is 13.2 Å². The number of para-hydroxylation sites is 1. The molecule has 0 bridgehead atoms. The second-order valence-electron chi connectivity index (χ2n) is 7.81. The van der Waals surface area contributed by atoms with Gasteiger partial charge in [-0.25, -0.2) is 4.98 Å². The quantitative estimate of drug-likeness (QED) is 0.402. The smallest absolute Gasteiger partial charge is 0.416 e. The Morgan fingerprint density at radius 3 is 2.29 bits per heavy atom. The van der Waals surface area contributed by atoms with Gasteiger partial charge in [0, 0.05) is 31.7 Å². The lowest BCUT2D eigenvalue weighted by Crippen LogP contribution is -2.50. The van der Waals surface area contributed by atoms with Gasteiger partial charge in [0.15, 0.2) is 16.5 Å². The number of alkyl halides is 3. The molecule has 2 aromatic heterocycles. The van der Waals surface area contributed by atoms with Crippen LogP contribution in [0.3, 0.4) is 0 Å². The topological polar surface area (TPSA) is 66.7 Å². The number of hydrogen-bond acceptors (Lipinski definition) is 5. The molecule has 4 aromatic rings. The van der Waals surface area contributed by atoms with Crippen LogP contribution in [0.15, 0.2) is 65.1 Å². The van der Waals surface area contributed by atoms with Gasteiger partial charge in [0.25, 0.3) is 11.8 Å². The Hall–Kier alpha value is -3.66. The van der Waals surface area contributed by atoms with Gasteiger partial charge in [-0.1, -0.05) is 18.2 Å². The van der Waals surface area contributed by atoms with E-state index in [4.69, 9.17) is 4.42 Å². The Kier molecular flexibility index (Phi) is 5.60. The molecule has 1 aliphatic rings. The van der Waals surface area contributed by atoms with Gasteiger partial charge in [0.2, 0.25) is 0 Å². The zero-order valence-electron chi connectivity index (χ0n) is 17.7. The largest absolute Gasteiger partial charge is 0.448 e. The Balaban J connectivity index is 1.24. The molecule has 0 spiro atoms. The van der Waals surface area contributed by atoms with Crippen molar-refractivity contribution in [2.75, 3.05) is 26.2 Å². The number of carbonyl (C=O) groups is 2. The van der Waals surface area contributed by atoms with Crippen molar-refractivity contribution < 1.29 is 27.2 Å². The molecule has 0 aliphatic carbocycles. The normalized spacial score (nSPS) is 14.6. The minimum Gasteiger partial charge on any atom is -0.448 e. The van der Waals surface area contributed by atoms with Gasteiger partial charge in [-0.05, 0) is 42.5 Å². The van der Waals surface area contributed by atoms with E-state index in [1.807, 2.05) is 24.3 Å². The summed E-state index contributed by atoms with van der Waals surface area (Å²) in [4.78, 5) is 33.1. The summed E-state index contributed by atoms with van der Waals surface area (Å²) in [6, 6.07) is 15.4. The molecule has 0 unspecified atom stereocenters. The number of rotatable bonds is 3. The van der Waals surface area contributed by atoms with Crippen LogP contribution in [0.2, 0.25) is 0 Å². The number of nitrogens with zero attached hydrogens (tertiary/aromatic N) is 3. The molecule has 0 saturated carbocycles. The summed E-state index contributed by atoms with van der Waals surface area (Å²) in [5.41, 5.74) is -0.0386. The van der Waals surface area contributed by atoms with E-state index in [9.17, 15) is 22.8 Å². The third-order valence-corrected chi connectivity index (χ3v) is 6.66. The molecule has 0 radical (unpaired) electrons. The molecule has 6 nitrogen and oxygen atoms in total. The van der Waals surface area contributed by atoms with E-state index in [0.717, 1.165) is 22.3 Å².